The summed E-state index contributed by atoms with van der Waals surface area (Å²) in [6.07, 6.45) is 2.67. The van der Waals surface area contributed by atoms with Gasteiger partial charge in [0.05, 0.1) is 11.5 Å². The number of sulfonamides is 1. The average molecular weight is 300 g/mol. The summed E-state index contributed by atoms with van der Waals surface area (Å²) in [5.41, 5.74) is 5.22. The highest BCUT2D eigenvalue weighted by molar-refractivity contribution is 7.93. The molecule has 6 nitrogen and oxygen atoms in total. The molecular weight excluding hydrogens is 276 g/mol. The Morgan fingerprint density at radius 1 is 1.11 bits per heavy atom. The number of rotatable bonds is 9. The van der Waals surface area contributed by atoms with Gasteiger partial charge in [0.2, 0.25) is 10.0 Å². The van der Waals surface area contributed by atoms with Crippen LogP contribution in [0.15, 0.2) is 0 Å². The van der Waals surface area contributed by atoms with Crippen LogP contribution in [0.3, 0.4) is 0 Å². The maximum Gasteiger partial charge on any atom is 0.212 e. The SMILES string of the molecule is CC(C)(CCCN)CNS(=O)(=O)CCS(C)(=O)=O. The Morgan fingerprint density at radius 2 is 1.67 bits per heavy atom. The Labute approximate surface area is 110 Å². The van der Waals surface area contributed by atoms with Gasteiger partial charge in [-0.1, -0.05) is 13.8 Å². The van der Waals surface area contributed by atoms with Gasteiger partial charge in [0, 0.05) is 12.8 Å². The van der Waals surface area contributed by atoms with Crippen LogP contribution in [0.5, 0.6) is 0 Å². The second kappa shape index (κ2) is 6.83. The topological polar surface area (TPSA) is 106 Å². The molecule has 0 amide bonds. The third kappa shape index (κ3) is 9.81. The van der Waals surface area contributed by atoms with E-state index < -0.39 is 25.6 Å². The summed E-state index contributed by atoms with van der Waals surface area (Å²) in [7, 11) is -6.79. The molecular formula is C10H24N2O4S2. The molecule has 0 aromatic carbocycles. The summed E-state index contributed by atoms with van der Waals surface area (Å²) in [5, 5.41) is 0. The fraction of sp³-hybridized carbons (Fsp3) is 1.00. The van der Waals surface area contributed by atoms with Crippen LogP contribution in [-0.2, 0) is 19.9 Å². The maximum atomic E-state index is 11.6. The van der Waals surface area contributed by atoms with Crippen LogP contribution in [0, 0.1) is 5.41 Å². The molecule has 0 atom stereocenters. The van der Waals surface area contributed by atoms with E-state index in [1.807, 2.05) is 13.8 Å². The first kappa shape index (κ1) is 17.8. The Hall–Kier alpha value is -0.180. The Morgan fingerprint density at radius 3 is 2.11 bits per heavy atom. The molecule has 0 radical (unpaired) electrons. The van der Waals surface area contributed by atoms with Gasteiger partial charge in [-0.2, -0.15) is 0 Å². The zero-order valence-corrected chi connectivity index (χ0v) is 12.9. The Balaban J connectivity index is 4.26. The van der Waals surface area contributed by atoms with E-state index >= 15 is 0 Å². The first-order valence-corrected chi connectivity index (χ1v) is 9.54. The van der Waals surface area contributed by atoms with Gasteiger partial charge in [-0.25, -0.2) is 21.6 Å². The molecule has 0 rings (SSSR count). The second-order valence-corrected chi connectivity index (χ2v) is 9.51. The van der Waals surface area contributed by atoms with Crippen molar-refractivity contribution in [2.45, 2.75) is 26.7 Å². The second-order valence-electron chi connectivity index (χ2n) is 5.33. The Kier molecular flexibility index (Phi) is 6.77. The van der Waals surface area contributed by atoms with Crippen molar-refractivity contribution >= 4 is 19.9 Å². The molecule has 0 aliphatic heterocycles. The summed E-state index contributed by atoms with van der Waals surface area (Å²) in [6.45, 7) is 4.76. The van der Waals surface area contributed by atoms with Gasteiger partial charge < -0.3 is 5.73 Å². The molecule has 0 fully saturated rings. The van der Waals surface area contributed by atoms with Gasteiger partial charge in [-0.3, -0.25) is 0 Å². The Bertz CT molecular complexity index is 440. The van der Waals surface area contributed by atoms with Gasteiger partial charge in [-0.05, 0) is 24.8 Å². The van der Waals surface area contributed by atoms with Crippen molar-refractivity contribution in [2.75, 3.05) is 30.9 Å². The van der Waals surface area contributed by atoms with E-state index in [9.17, 15) is 16.8 Å². The molecule has 0 spiro atoms. The maximum absolute atomic E-state index is 11.6. The number of hydrogen-bond acceptors (Lipinski definition) is 5. The third-order valence-corrected chi connectivity index (χ3v) is 5.08. The first-order valence-electron chi connectivity index (χ1n) is 5.83. The summed E-state index contributed by atoms with van der Waals surface area (Å²) in [4.78, 5) is 0. The van der Waals surface area contributed by atoms with Crippen LogP contribution in [0.2, 0.25) is 0 Å². The lowest BCUT2D eigenvalue weighted by molar-refractivity contribution is 0.327. The highest BCUT2D eigenvalue weighted by Gasteiger charge is 2.21. The number of sulfone groups is 1. The summed E-state index contributed by atoms with van der Waals surface area (Å²) in [5.74, 6) is -0.746. The largest absolute Gasteiger partial charge is 0.330 e. The molecule has 0 saturated heterocycles. The van der Waals surface area contributed by atoms with E-state index in [-0.39, 0.29) is 11.2 Å². The summed E-state index contributed by atoms with van der Waals surface area (Å²) in [6, 6.07) is 0. The fourth-order valence-electron chi connectivity index (χ4n) is 1.31. The minimum absolute atomic E-state index is 0.183. The number of nitrogens with two attached hydrogens (primary N) is 1. The third-order valence-electron chi connectivity index (χ3n) is 2.55. The molecule has 0 aromatic heterocycles. The molecule has 8 heteroatoms. The van der Waals surface area contributed by atoms with Gasteiger partial charge >= 0.3 is 0 Å². The number of nitrogens with one attached hydrogen (secondary N) is 1. The van der Waals surface area contributed by atoms with E-state index in [4.69, 9.17) is 5.73 Å². The van der Waals surface area contributed by atoms with E-state index in [0.29, 0.717) is 13.1 Å². The highest BCUT2D eigenvalue weighted by atomic mass is 32.2. The van der Waals surface area contributed by atoms with Crippen LogP contribution in [0.4, 0.5) is 0 Å². The number of hydrogen-bond donors (Lipinski definition) is 2. The van der Waals surface area contributed by atoms with Gasteiger partial charge in [0.25, 0.3) is 0 Å². The van der Waals surface area contributed by atoms with E-state index in [1.165, 1.54) is 0 Å². The molecule has 0 bridgehead atoms. The van der Waals surface area contributed by atoms with E-state index in [2.05, 4.69) is 4.72 Å². The van der Waals surface area contributed by atoms with Crippen molar-refractivity contribution in [3.05, 3.63) is 0 Å². The molecule has 0 aliphatic rings. The smallest absolute Gasteiger partial charge is 0.212 e. The summed E-state index contributed by atoms with van der Waals surface area (Å²) < 4.78 is 47.5. The minimum atomic E-state index is -3.53. The van der Waals surface area contributed by atoms with Crippen LogP contribution >= 0.6 is 0 Å². The molecule has 0 aromatic rings. The quantitative estimate of drug-likeness (QED) is 0.609. The first-order chi connectivity index (χ1) is 7.97. The lowest BCUT2D eigenvalue weighted by atomic mass is 9.88. The van der Waals surface area contributed by atoms with Crippen LogP contribution in [0.25, 0.3) is 0 Å². The predicted molar refractivity (Wildman–Crippen MR) is 73.6 cm³/mol. The zero-order chi connectivity index (χ0) is 14.4. The van der Waals surface area contributed by atoms with Crippen molar-refractivity contribution in [3.8, 4) is 0 Å². The molecule has 0 heterocycles. The molecule has 0 unspecified atom stereocenters. The van der Waals surface area contributed by atoms with E-state index in [0.717, 1.165) is 19.1 Å². The van der Waals surface area contributed by atoms with Crippen molar-refractivity contribution in [3.63, 3.8) is 0 Å². The van der Waals surface area contributed by atoms with Gasteiger partial charge in [0.1, 0.15) is 9.84 Å². The normalized spacial score (nSPS) is 13.8. The van der Waals surface area contributed by atoms with Crippen molar-refractivity contribution in [2.24, 2.45) is 11.1 Å². The minimum Gasteiger partial charge on any atom is -0.330 e. The molecule has 18 heavy (non-hydrogen) atoms. The van der Waals surface area contributed by atoms with Crippen molar-refractivity contribution < 1.29 is 16.8 Å². The van der Waals surface area contributed by atoms with Crippen LogP contribution < -0.4 is 10.5 Å². The standard InChI is InChI=1S/C10H24N2O4S2/c1-10(2,5-4-6-11)9-12-18(15,16)8-7-17(3,13)14/h12H,4-9,11H2,1-3H3. The van der Waals surface area contributed by atoms with Crippen LogP contribution in [0.1, 0.15) is 26.7 Å². The van der Waals surface area contributed by atoms with Crippen LogP contribution in [-0.4, -0.2) is 47.7 Å². The van der Waals surface area contributed by atoms with Crippen molar-refractivity contribution in [1.29, 1.82) is 0 Å². The fourth-order valence-corrected chi connectivity index (χ4v) is 4.15. The van der Waals surface area contributed by atoms with Gasteiger partial charge in [0.15, 0.2) is 0 Å². The highest BCUT2D eigenvalue weighted by Crippen LogP contribution is 2.20. The molecule has 0 saturated carbocycles. The lowest BCUT2D eigenvalue weighted by Gasteiger charge is -2.24. The van der Waals surface area contributed by atoms with E-state index in [1.54, 1.807) is 0 Å². The molecule has 0 aliphatic carbocycles. The monoisotopic (exact) mass is 300 g/mol. The lowest BCUT2D eigenvalue weighted by Crippen LogP contribution is -2.37. The predicted octanol–water partition coefficient (Wildman–Crippen LogP) is -0.284. The molecule has 3 N–H and O–H groups in total. The summed E-state index contributed by atoms with van der Waals surface area (Å²) >= 11 is 0. The zero-order valence-electron chi connectivity index (χ0n) is 11.3. The van der Waals surface area contributed by atoms with Crippen molar-refractivity contribution in [1.82, 2.24) is 4.72 Å². The van der Waals surface area contributed by atoms with Gasteiger partial charge in [-0.15, -0.1) is 0 Å². The average Bonchev–Trinajstić information content (AvgIpc) is 2.21. The molecule has 110 valence electrons.